The van der Waals surface area contributed by atoms with E-state index in [4.69, 9.17) is 0 Å². The van der Waals surface area contributed by atoms with Gasteiger partial charge in [-0.3, -0.25) is 9.59 Å². The first kappa shape index (κ1) is 11.4. The predicted octanol–water partition coefficient (Wildman–Crippen LogP) is 1.40. The van der Waals surface area contributed by atoms with Crippen LogP contribution in [0.3, 0.4) is 0 Å². The van der Waals surface area contributed by atoms with Crippen LogP contribution in [0.4, 0.5) is 0 Å². The molecule has 0 aromatic heterocycles. The van der Waals surface area contributed by atoms with Crippen LogP contribution in [0.2, 0.25) is 0 Å². The molecule has 2 rings (SSSR count). The number of carbonyl (C=O) groups is 2. The highest BCUT2D eigenvalue weighted by Crippen LogP contribution is 2.56. The second-order valence-corrected chi connectivity index (χ2v) is 6.45. The maximum Gasteiger partial charge on any atom is 0.309 e. The third kappa shape index (κ3) is 1.51. The Morgan fingerprint density at radius 1 is 1.25 bits per heavy atom. The van der Waals surface area contributed by atoms with Crippen LogP contribution in [0.1, 0.15) is 40.0 Å². The average molecular weight is 225 g/mol. The van der Waals surface area contributed by atoms with E-state index in [9.17, 15) is 14.7 Å². The van der Waals surface area contributed by atoms with Gasteiger partial charge in [-0.1, -0.05) is 13.8 Å². The van der Waals surface area contributed by atoms with Gasteiger partial charge in [0.2, 0.25) is 5.91 Å². The summed E-state index contributed by atoms with van der Waals surface area (Å²) in [7, 11) is 0. The van der Waals surface area contributed by atoms with Crippen molar-refractivity contribution in [1.82, 2.24) is 5.32 Å². The van der Waals surface area contributed by atoms with E-state index >= 15 is 0 Å². The SMILES string of the molecule is CC12CNC(=O)C(C)(C1)CC(C)(C(=O)O)C2. The summed E-state index contributed by atoms with van der Waals surface area (Å²) in [5.74, 6) is -0.767. The number of nitrogens with one attached hydrogen (secondary N) is 1. The summed E-state index contributed by atoms with van der Waals surface area (Å²) in [6, 6.07) is 0. The third-order valence-corrected chi connectivity index (χ3v) is 4.15. The van der Waals surface area contributed by atoms with Crippen molar-refractivity contribution < 1.29 is 14.7 Å². The van der Waals surface area contributed by atoms with Gasteiger partial charge in [-0.2, -0.15) is 0 Å². The smallest absolute Gasteiger partial charge is 0.309 e. The summed E-state index contributed by atoms with van der Waals surface area (Å²) in [4.78, 5) is 23.2. The van der Waals surface area contributed by atoms with Gasteiger partial charge in [0, 0.05) is 12.0 Å². The summed E-state index contributed by atoms with van der Waals surface area (Å²) in [5, 5.41) is 12.2. The molecule has 2 fully saturated rings. The summed E-state index contributed by atoms with van der Waals surface area (Å²) in [5.41, 5.74) is -1.36. The van der Waals surface area contributed by atoms with Gasteiger partial charge in [-0.15, -0.1) is 0 Å². The molecule has 1 aliphatic heterocycles. The first-order chi connectivity index (χ1) is 7.19. The van der Waals surface area contributed by atoms with E-state index in [0.29, 0.717) is 19.4 Å². The van der Waals surface area contributed by atoms with Gasteiger partial charge < -0.3 is 10.4 Å². The van der Waals surface area contributed by atoms with Gasteiger partial charge in [0.15, 0.2) is 0 Å². The van der Waals surface area contributed by atoms with Crippen LogP contribution >= 0.6 is 0 Å². The molecule has 1 saturated carbocycles. The lowest BCUT2D eigenvalue weighted by Crippen LogP contribution is -2.60. The normalized spacial score (nSPS) is 47.3. The van der Waals surface area contributed by atoms with Crippen molar-refractivity contribution in [2.24, 2.45) is 16.2 Å². The van der Waals surface area contributed by atoms with Gasteiger partial charge in [0.05, 0.1) is 5.41 Å². The van der Waals surface area contributed by atoms with E-state index in [0.717, 1.165) is 6.42 Å². The Kier molecular flexibility index (Phi) is 2.14. The molecule has 4 nitrogen and oxygen atoms in total. The van der Waals surface area contributed by atoms with Crippen molar-refractivity contribution in [3.63, 3.8) is 0 Å². The molecule has 1 saturated heterocycles. The molecule has 3 unspecified atom stereocenters. The molecule has 0 aromatic carbocycles. The Hall–Kier alpha value is -1.06. The van der Waals surface area contributed by atoms with Crippen molar-refractivity contribution >= 4 is 11.9 Å². The second-order valence-electron chi connectivity index (χ2n) is 6.45. The Labute approximate surface area is 95.4 Å². The molecule has 3 atom stereocenters. The van der Waals surface area contributed by atoms with E-state index in [1.165, 1.54) is 0 Å². The van der Waals surface area contributed by atoms with Crippen LogP contribution in [0.15, 0.2) is 0 Å². The lowest BCUT2D eigenvalue weighted by molar-refractivity contribution is -0.164. The molecular weight excluding hydrogens is 206 g/mol. The standard InChI is InChI=1S/C12H19NO3/c1-10-4-11(2,8(14)13-7-10)6-12(3,5-10)9(15)16/h4-7H2,1-3H3,(H,13,14)(H,15,16). The van der Waals surface area contributed by atoms with Crippen molar-refractivity contribution in [2.75, 3.05) is 6.54 Å². The summed E-state index contributed by atoms with van der Waals surface area (Å²) in [6.45, 7) is 6.33. The molecule has 1 heterocycles. The lowest BCUT2D eigenvalue weighted by Gasteiger charge is -2.53. The first-order valence-corrected chi connectivity index (χ1v) is 5.71. The molecule has 2 bridgehead atoms. The number of aliphatic carboxylic acids is 1. The molecule has 4 heteroatoms. The summed E-state index contributed by atoms with van der Waals surface area (Å²) in [6.07, 6.45) is 1.89. The van der Waals surface area contributed by atoms with E-state index < -0.39 is 16.8 Å². The lowest BCUT2D eigenvalue weighted by atomic mass is 9.52. The number of carboxylic acids is 1. The Morgan fingerprint density at radius 2 is 1.88 bits per heavy atom. The highest BCUT2D eigenvalue weighted by atomic mass is 16.4. The highest BCUT2D eigenvalue weighted by molar-refractivity contribution is 5.85. The number of carbonyl (C=O) groups excluding carboxylic acids is 1. The quantitative estimate of drug-likeness (QED) is 0.709. The maximum atomic E-state index is 11.9. The number of amides is 1. The van der Waals surface area contributed by atoms with E-state index in [1.807, 2.05) is 6.92 Å². The number of hydrogen-bond donors (Lipinski definition) is 2. The first-order valence-electron chi connectivity index (χ1n) is 5.71. The largest absolute Gasteiger partial charge is 0.481 e. The van der Waals surface area contributed by atoms with Crippen LogP contribution in [-0.4, -0.2) is 23.5 Å². The van der Waals surface area contributed by atoms with Gasteiger partial charge >= 0.3 is 5.97 Å². The van der Waals surface area contributed by atoms with Crippen molar-refractivity contribution in [1.29, 1.82) is 0 Å². The number of rotatable bonds is 1. The van der Waals surface area contributed by atoms with Crippen molar-refractivity contribution in [2.45, 2.75) is 40.0 Å². The fraction of sp³-hybridized carbons (Fsp3) is 0.833. The van der Waals surface area contributed by atoms with E-state index in [-0.39, 0.29) is 11.3 Å². The molecule has 0 aromatic rings. The van der Waals surface area contributed by atoms with Crippen LogP contribution in [0.25, 0.3) is 0 Å². The Morgan fingerprint density at radius 3 is 2.44 bits per heavy atom. The monoisotopic (exact) mass is 225 g/mol. The molecule has 0 radical (unpaired) electrons. The van der Waals surface area contributed by atoms with Gasteiger partial charge in [-0.25, -0.2) is 0 Å². The molecule has 16 heavy (non-hydrogen) atoms. The minimum Gasteiger partial charge on any atom is -0.481 e. The van der Waals surface area contributed by atoms with Crippen LogP contribution in [0, 0.1) is 16.2 Å². The Bertz CT molecular complexity index is 365. The van der Waals surface area contributed by atoms with Crippen molar-refractivity contribution in [3.8, 4) is 0 Å². The number of carboxylic acid groups (broad SMARTS) is 1. The van der Waals surface area contributed by atoms with Crippen molar-refractivity contribution in [3.05, 3.63) is 0 Å². The van der Waals surface area contributed by atoms with E-state index in [2.05, 4.69) is 12.2 Å². The van der Waals surface area contributed by atoms with Crippen LogP contribution in [-0.2, 0) is 9.59 Å². The zero-order valence-electron chi connectivity index (χ0n) is 10.1. The third-order valence-electron chi connectivity index (χ3n) is 4.15. The Balaban J connectivity index is 2.40. The zero-order valence-corrected chi connectivity index (χ0v) is 10.1. The molecule has 1 aliphatic carbocycles. The number of hydrogen-bond acceptors (Lipinski definition) is 2. The van der Waals surface area contributed by atoms with E-state index in [1.54, 1.807) is 6.92 Å². The molecule has 0 spiro atoms. The number of fused-ring (bicyclic) bond motifs is 2. The predicted molar refractivity (Wildman–Crippen MR) is 58.8 cm³/mol. The second kappa shape index (κ2) is 2.99. The fourth-order valence-corrected chi connectivity index (χ4v) is 3.88. The molecule has 90 valence electrons. The minimum absolute atomic E-state index is 0.0113. The highest BCUT2D eigenvalue weighted by Gasteiger charge is 2.57. The topological polar surface area (TPSA) is 66.4 Å². The van der Waals surface area contributed by atoms with Gasteiger partial charge in [-0.05, 0) is 31.6 Å². The molecule has 1 amide bonds. The molecule has 2 N–H and O–H groups in total. The van der Waals surface area contributed by atoms with Crippen LogP contribution < -0.4 is 5.32 Å². The van der Waals surface area contributed by atoms with Crippen LogP contribution in [0.5, 0.6) is 0 Å². The fourth-order valence-electron chi connectivity index (χ4n) is 3.88. The average Bonchev–Trinajstić information content (AvgIpc) is 2.10. The van der Waals surface area contributed by atoms with Gasteiger partial charge in [0.25, 0.3) is 0 Å². The number of piperidine rings is 1. The maximum absolute atomic E-state index is 11.9. The summed E-state index contributed by atoms with van der Waals surface area (Å²) < 4.78 is 0. The zero-order chi connectivity index (χ0) is 12.2. The molecule has 2 aliphatic rings. The van der Waals surface area contributed by atoms with Gasteiger partial charge in [0.1, 0.15) is 0 Å². The molecular formula is C12H19NO3. The minimum atomic E-state index is -0.778. The summed E-state index contributed by atoms with van der Waals surface area (Å²) >= 11 is 0.